The minimum absolute atomic E-state index is 0.00563. The second-order valence-electron chi connectivity index (χ2n) is 6.86. The van der Waals surface area contributed by atoms with Gasteiger partial charge in [0.25, 0.3) is 5.56 Å². The zero-order valence-corrected chi connectivity index (χ0v) is 17.4. The molecule has 0 radical (unpaired) electrons. The molecule has 1 N–H and O–H groups in total. The van der Waals surface area contributed by atoms with Crippen LogP contribution in [-0.4, -0.2) is 33.9 Å². The molecule has 156 valence electrons. The van der Waals surface area contributed by atoms with Gasteiger partial charge in [0, 0.05) is 11.8 Å². The van der Waals surface area contributed by atoms with Crippen LogP contribution < -0.4 is 15.0 Å². The van der Waals surface area contributed by atoms with Crippen molar-refractivity contribution in [2.24, 2.45) is 0 Å². The van der Waals surface area contributed by atoms with E-state index in [9.17, 15) is 9.90 Å². The van der Waals surface area contributed by atoms with E-state index < -0.39 is 0 Å². The van der Waals surface area contributed by atoms with Crippen molar-refractivity contribution in [3.63, 3.8) is 0 Å². The number of rotatable bonds is 5. The van der Waals surface area contributed by atoms with Gasteiger partial charge in [0.2, 0.25) is 0 Å². The number of aromatic hydroxyl groups is 1. The summed E-state index contributed by atoms with van der Waals surface area (Å²) in [5.74, 6) is 1.29. The van der Waals surface area contributed by atoms with E-state index in [2.05, 4.69) is 9.97 Å². The zero-order valence-electron chi connectivity index (χ0n) is 17.4. The van der Waals surface area contributed by atoms with E-state index in [1.165, 1.54) is 11.7 Å². The molecule has 0 atom stereocenters. The van der Waals surface area contributed by atoms with Crippen LogP contribution >= 0.6 is 0 Å². The lowest BCUT2D eigenvalue weighted by Crippen LogP contribution is -2.23. The quantitative estimate of drug-likeness (QED) is 0.531. The van der Waals surface area contributed by atoms with Crippen molar-refractivity contribution in [3.8, 4) is 22.9 Å². The number of benzene rings is 2. The predicted molar refractivity (Wildman–Crippen MR) is 120 cm³/mol. The fourth-order valence-corrected chi connectivity index (χ4v) is 3.47. The number of hydrogen-bond acceptors (Lipinski definition) is 6. The summed E-state index contributed by atoms with van der Waals surface area (Å²) in [6, 6.07) is 12.4. The molecule has 0 saturated heterocycles. The molecule has 0 unspecified atom stereocenters. The Morgan fingerprint density at radius 1 is 1.00 bits per heavy atom. The minimum Gasteiger partial charge on any atom is -0.504 e. The summed E-state index contributed by atoms with van der Waals surface area (Å²) in [4.78, 5) is 22.2. The molecule has 4 aromatic rings. The van der Waals surface area contributed by atoms with Crippen molar-refractivity contribution < 1.29 is 14.6 Å². The fraction of sp³-hybridized carbons (Fsp3) is 0.125. The van der Waals surface area contributed by atoms with Crippen LogP contribution in [0.4, 0.5) is 0 Å². The topological polar surface area (TPSA) is 86.5 Å². The Balaban J connectivity index is 2.00. The molecule has 0 aliphatic carbocycles. The maximum atomic E-state index is 13.5. The molecule has 0 aliphatic heterocycles. The van der Waals surface area contributed by atoms with Gasteiger partial charge in [-0.15, -0.1) is 0 Å². The molecular formula is C24H21N3O4. The third kappa shape index (κ3) is 3.61. The molecule has 7 nitrogen and oxygen atoms in total. The van der Waals surface area contributed by atoms with Crippen molar-refractivity contribution in [1.82, 2.24) is 14.5 Å². The van der Waals surface area contributed by atoms with Crippen molar-refractivity contribution in [2.75, 3.05) is 14.2 Å². The van der Waals surface area contributed by atoms with E-state index in [0.717, 1.165) is 5.56 Å². The molecular weight excluding hydrogens is 394 g/mol. The molecule has 0 aliphatic rings. The van der Waals surface area contributed by atoms with E-state index >= 15 is 0 Å². The highest BCUT2D eigenvalue weighted by Crippen LogP contribution is 2.31. The van der Waals surface area contributed by atoms with Crippen LogP contribution in [-0.2, 0) is 0 Å². The molecule has 4 rings (SSSR count). The molecule has 0 fully saturated rings. The summed E-state index contributed by atoms with van der Waals surface area (Å²) < 4.78 is 12.2. The number of aryl methyl sites for hydroxylation is 1. The predicted octanol–water partition coefficient (Wildman–Crippen LogP) is 3.98. The lowest BCUT2D eigenvalue weighted by atomic mass is 10.1. The Morgan fingerprint density at radius 2 is 1.74 bits per heavy atom. The van der Waals surface area contributed by atoms with Crippen LogP contribution in [0.1, 0.15) is 17.0 Å². The molecule has 2 heterocycles. The smallest absolute Gasteiger partial charge is 0.266 e. The summed E-state index contributed by atoms with van der Waals surface area (Å²) in [7, 11) is 3.05. The zero-order chi connectivity index (χ0) is 22.0. The lowest BCUT2D eigenvalue weighted by molar-refractivity contribution is 0.373. The number of methoxy groups -OCH3 is 2. The van der Waals surface area contributed by atoms with Gasteiger partial charge in [0.1, 0.15) is 11.6 Å². The van der Waals surface area contributed by atoms with E-state index in [1.54, 1.807) is 62.0 Å². The minimum atomic E-state index is -0.241. The average Bonchev–Trinajstić information content (AvgIpc) is 2.79. The first-order valence-electron chi connectivity index (χ1n) is 9.60. The Bertz CT molecular complexity index is 1360. The molecule has 2 aromatic carbocycles. The van der Waals surface area contributed by atoms with Gasteiger partial charge in [0.05, 0.1) is 37.0 Å². The summed E-state index contributed by atoms with van der Waals surface area (Å²) >= 11 is 0. The fourth-order valence-electron chi connectivity index (χ4n) is 3.47. The summed E-state index contributed by atoms with van der Waals surface area (Å²) in [5, 5.41) is 10.9. The van der Waals surface area contributed by atoms with Gasteiger partial charge in [-0.05, 0) is 42.8 Å². The van der Waals surface area contributed by atoms with Gasteiger partial charge >= 0.3 is 0 Å². The van der Waals surface area contributed by atoms with Crippen LogP contribution in [0.15, 0.2) is 59.7 Å². The first-order valence-corrected chi connectivity index (χ1v) is 9.60. The van der Waals surface area contributed by atoms with E-state index in [1.807, 2.05) is 19.1 Å². The largest absolute Gasteiger partial charge is 0.504 e. The number of hydrogen-bond donors (Lipinski definition) is 1. The van der Waals surface area contributed by atoms with Crippen molar-refractivity contribution in [1.29, 1.82) is 0 Å². The summed E-state index contributed by atoms with van der Waals surface area (Å²) in [6.45, 7) is 1.91. The van der Waals surface area contributed by atoms with Gasteiger partial charge in [-0.1, -0.05) is 24.3 Å². The summed E-state index contributed by atoms with van der Waals surface area (Å²) in [6.07, 6.45) is 6.47. The molecule has 0 saturated carbocycles. The first kappa shape index (κ1) is 20.2. The number of ether oxygens (including phenoxy) is 2. The average molecular weight is 415 g/mol. The van der Waals surface area contributed by atoms with Crippen molar-refractivity contribution in [3.05, 3.63) is 82.2 Å². The number of fused-ring (bicyclic) bond motifs is 1. The van der Waals surface area contributed by atoms with Crippen LogP contribution in [0.3, 0.4) is 0 Å². The van der Waals surface area contributed by atoms with Crippen LogP contribution in [0.2, 0.25) is 0 Å². The highest BCUT2D eigenvalue weighted by Gasteiger charge is 2.17. The Hall–Kier alpha value is -4.13. The Morgan fingerprint density at radius 3 is 2.52 bits per heavy atom. The Kier molecular flexibility index (Phi) is 5.41. The summed E-state index contributed by atoms with van der Waals surface area (Å²) in [5.41, 5.74) is 2.23. The maximum absolute atomic E-state index is 13.5. The van der Waals surface area contributed by atoms with Gasteiger partial charge in [-0.25, -0.2) is 4.98 Å². The maximum Gasteiger partial charge on any atom is 0.266 e. The number of pyridine rings is 1. The number of para-hydroxylation sites is 2. The highest BCUT2D eigenvalue weighted by atomic mass is 16.5. The Labute approximate surface area is 178 Å². The third-order valence-electron chi connectivity index (χ3n) is 5.00. The number of phenolic OH excluding ortho intramolecular Hbond substituents is 1. The normalized spacial score (nSPS) is 11.2. The van der Waals surface area contributed by atoms with E-state index in [0.29, 0.717) is 39.5 Å². The van der Waals surface area contributed by atoms with Gasteiger partial charge in [0.15, 0.2) is 11.5 Å². The van der Waals surface area contributed by atoms with E-state index in [-0.39, 0.29) is 11.3 Å². The van der Waals surface area contributed by atoms with Gasteiger partial charge in [-0.2, -0.15) is 0 Å². The van der Waals surface area contributed by atoms with Gasteiger partial charge < -0.3 is 14.6 Å². The monoisotopic (exact) mass is 415 g/mol. The molecule has 2 aromatic heterocycles. The van der Waals surface area contributed by atoms with Crippen LogP contribution in [0.5, 0.6) is 17.2 Å². The highest BCUT2D eigenvalue weighted by molar-refractivity contribution is 5.80. The second-order valence-corrected chi connectivity index (χ2v) is 6.86. The molecule has 31 heavy (non-hydrogen) atoms. The van der Waals surface area contributed by atoms with Crippen LogP contribution in [0.25, 0.3) is 28.7 Å². The van der Waals surface area contributed by atoms with Crippen molar-refractivity contribution >= 4 is 23.1 Å². The molecule has 0 bridgehead atoms. The molecule has 0 amide bonds. The van der Waals surface area contributed by atoms with E-state index in [4.69, 9.17) is 9.47 Å². The van der Waals surface area contributed by atoms with Crippen LogP contribution in [0, 0.1) is 6.92 Å². The van der Waals surface area contributed by atoms with Gasteiger partial charge in [-0.3, -0.25) is 14.3 Å². The molecule has 7 heteroatoms. The number of aromatic nitrogens is 3. The standard InChI is InChI=1S/C24H21N3O4/c1-15-6-4-8-19(30-2)22(15)27-21(26-18-14-25-13-12-17(18)24(27)29)11-10-16-7-5-9-20(31-3)23(16)28/h4-14,28H,1-3H3/b11-10+. The third-order valence-corrected chi connectivity index (χ3v) is 5.00. The van der Waals surface area contributed by atoms with Crippen molar-refractivity contribution in [2.45, 2.75) is 6.92 Å². The first-order chi connectivity index (χ1) is 15.0. The molecule has 0 spiro atoms. The lowest BCUT2D eigenvalue weighted by Gasteiger charge is -2.16. The SMILES string of the molecule is COc1cccc(/C=C/c2nc3cnccc3c(=O)n2-c2c(C)cccc2OC)c1O. The number of phenols is 1. The number of nitrogens with zero attached hydrogens (tertiary/aromatic N) is 3. The second kappa shape index (κ2) is 8.31.